The molecule has 2 heterocycles. The van der Waals surface area contributed by atoms with Gasteiger partial charge < -0.3 is 9.30 Å². The van der Waals surface area contributed by atoms with E-state index in [4.69, 9.17) is 4.74 Å². The average molecular weight is 522 g/mol. The summed E-state index contributed by atoms with van der Waals surface area (Å²) in [7, 11) is -2.04. The van der Waals surface area contributed by atoms with Crippen LogP contribution in [-0.4, -0.2) is 36.9 Å². The van der Waals surface area contributed by atoms with Crippen molar-refractivity contribution in [1.29, 1.82) is 0 Å². The largest absolute Gasteiger partial charge is 0.497 e. The molecule has 0 spiro atoms. The lowest BCUT2D eigenvalue weighted by molar-refractivity contribution is 0.0997. The maximum atomic E-state index is 13.2. The second kappa shape index (κ2) is 10.0. The smallest absolute Gasteiger partial charge is 0.279 e. The van der Waals surface area contributed by atoms with Crippen LogP contribution in [0.25, 0.3) is 10.2 Å². The van der Waals surface area contributed by atoms with Crippen LogP contribution in [0.2, 0.25) is 0 Å². The van der Waals surface area contributed by atoms with Gasteiger partial charge in [-0.25, -0.2) is 8.42 Å². The van der Waals surface area contributed by atoms with E-state index in [0.717, 1.165) is 34.5 Å². The van der Waals surface area contributed by atoms with Gasteiger partial charge in [-0.15, -0.1) is 0 Å². The first-order valence-corrected chi connectivity index (χ1v) is 14.1. The number of ether oxygens (including phenoxy) is 1. The third-order valence-corrected chi connectivity index (χ3v) is 9.27. The number of methoxy groups -OCH3 is 1. The molecule has 4 aromatic rings. The van der Waals surface area contributed by atoms with Crippen LogP contribution in [0.4, 0.5) is 0 Å². The van der Waals surface area contributed by atoms with Crippen molar-refractivity contribution in [2.75, 3.05) is 13.7 Å². The minimum atomic E-state index is -3.67. The Bertz CT molecular complexity index is 1600. The number of rotatable bonds is 6. The molecule has 0 saturated heterocycles. The summed E-state index contributed by atoms with van der Waals surface area (Å²) in [5.41, 5.74) is 3.56. The van der Waals surface area contributed by atoms with Crippen LogP contribution in [0.1, 0.15) is 34.8 Å². The number of thiazole rings is 1. The molecule has 1 aromatic heterocycles. The molecular formula is C27H27N3O4S2. The van der Waals surface area contributed by atoms with Gasteiger partial charge in [0.25, 0.3) is 5.91 Å². The lowest BCUT2D eigenvalue weighted by atomic mass is 10.0. The van der Waals surface area contributed by atoms with Crippen molar-refractivity contribution >= 4 is 37.5 Å². The number of fused-ring (bicyclic) bond motifs is 2. The topological polar surface area (TPSA) is 81.0 Å². The van der Waals surface area contributed by atoms with Crippen molar-refractivity contribution in [3.63, 3.8) is 0 Å². The van der Waals surface area contributed by atoms with Crippen LogP contribution < -0.4 is 9.54 Å². The molecule has 0 radical (unpaired) electrons. The minimum absolute atomic E-state index is 0.174. The van der Waals surface area contributed by atoms with E-state index < -0.39 is 15.9 Å². The highest BCUT2D eigenvalue weighted by Crippen LogP contribution is 2.26. The first-order valence-electron chi connectivity index (χ1n) is 11.8. The summed E-state index contributed by atoms with van der Waals surface area (Å²) < 4.78 is 36.3. The van der Waals surface area contributed by atoms with E-state index in [-0.39, 0.29) is 4.90 Å². The highest BCUT2D eigenvalue weighted by atomic mass is 32.2. The fraction of sp³-hybridized carbons (Fsp3) is 0.259. The van der Waals surface area contributed by atoms with Crippen molar-refractivity contribution in [3.8, 4) is 5.75 Å². The predicted octanol–water partition coefficient (Wildman–Crippen LogP) is 4.61. The van der Waals surface area contributed by atoms with Crippen LogP contribution in [0.3, 0.4) is 0 Å². The second-order valence-electron chi connectivity index (χ2n) is 8.67. The summed E-state index contributed by atoms with van der Waals surface area (Å²) in [6, 6.07) is 19.8. The molecule has 36 heavy (non-hydrogen) atoms. The number of amides is 1. The first-order chi connectivity index (χ1) is 17.4. The Morgan fingerprint density at radius 2 is 1.81 bits per heavy atom. The van der Waals surface area contributed by atoms with Gasteiger partial charge in [-0.3, -0.25) is 4.79 Å². The minimum Gasteiger partial charge on any atom is -0.497 e. The number of aromatic nitrogens is 1. The van der Waals surface area contributed by atoms with Gasteiger partial charge in [-0.1, -0.05) is 42.5 Å². The molecule has 7 nitrogen and oxygen atoms in total. The lowest BCUT2D eigenvalue weighted by Gasteiger charge is -2.28. The summed E-state index contributed by atoms with van der Waals surface area (Å²) in [5.74, 6) is 0.341. The molecule has 0 saturated carbocycles. The number of aryl methyl sites for hydroxylation is 1. The number of benzene rings is 3. The van der Waals surface area contributed by atoms with Crippen LogP contribution >= 0.6 is 11.3 Å². The van der Waals surface area contributed by atoms with Crippen LogP contribution in [0.15, 0.2) is 76.6 Å². The Hall–Kier alpha value is -3.27. The SMILES string of the molecule is CCCn1c(=NC(=O)c2ccc(S(=O)(=O)N3CCc4ccccc4C3)cc2)sc2cc(OC)ccc21. The zero-order valence-electron chi connectivity index (χ0n) is 20.2. The summed E-state index contributed by atoms with van der Waals surface area (Å²) in [5, 5.41) is 0. The van der Waals surface area contributed by atoms with Gasteiger partial charge in [0.15, 0.2) is 4.80 Å². The van der Waals surface area contributed by atoms with Crippen molar-refractivity contribution in [2.45, 2.75) is 37.8 Å². The van der Waals surface area contributed by atoms with E-state index in [9.17, 15) is 13.2 Å². The third-order valence-electron chi connectivity index (χ3n) is 6.37. The highest BCUT2D eigenvalue weighted by Gasteiger charge is 2.28. The number of sulfonamides is 1. The van der Waals surface area contributed by atoms with Gasteiger partial charge in [-0.2, -0.15) is 9.30 Å². The van der Waals surface area contributed by atoms with Crippen molar-refractivity contribution in [3.05, 3.63) is 88.2 Å². The Kier molecular flexibility index (Phi) is 6.79. The average Bonchev–Trinajstić information content (AvgIpc) is 3.24. The number of carbonyl (C=O) groups is 1. The van der Waals surface area contributed by atoms with Gasteiger partial charge in [0, 0.05) is 25.2 Å². The summed E-state index contributed by atoms with van der Waals surface area (Å²) >= 11 is 1.43. The molecule has 0 fully saturated rings. The lowest BCUT2D eigenvalue weighted by Crippen LogP contribution is -2.35. The molecule has 1 aliphatic rings. The van der Waals surface area contributed by atoms with E-state index in [1.54, 1.807) is 7.11 Å². The summed E-state index contributed by atoms with van der Waals surface area (Å²) in [6.45, 7) is 3.59. The molecule has 0 atom stereocenters. The maximum Gasteiger partial charge on any atom is 0.279 e. The number of hydrogen-bond donors (Lipinski definition) is 0. The van der Waals surface area contributed by atoms with Crippen LogP contribution in [0.5, 0.6) is 5.75 Å². The Balaban J connectivity index is 1.42. The van der Waals surface area contributed by atoms with Gasteiger partial charge in [-0.05, 0) is 66.4 Å². The fourth-order valence-electron chi connectivity index (χ4n) is 4.45. The molecule has 186 valence electrons. The molecule has 5 rings (SSSR count). The first kappa shape index (κ1) is 24.4. The molecule has 3 aromatic carbocycles. The second-order valence-corrected chi connectivity index (χ2v) is 11.6. The van der Waals surface area contributed by atoms with Gasteiger partial charge in [0.05, 0.1) is 22.2 Å². The summed E-state index contributed by atoms with van der Waals surface area (Å²) in [4.78, 5) is 18.2. The quantitative estimate of drug-likeness (QED) is 0.371. The Morgan fingerprint density at radius 1 is 1.06 bits per heavy atom. The van der Waals surface area contributed by atoms with Crippen molar-refractivity contribution < 1.29 is 17.9 Å². The zero-order valence-corrected chi connectivity index (χ0v) is 21.8. The Morgan fingerprint density at radius 3 is 2.53 bits per heavy atom. The zero-order chi connectivity index (χ0) is 25.3. The van der Waals surface area contributed by atoms with Crippen LogP contribution in [0, 0.1) is 0 Å². The van der Waals surface area contributed by atoms with E-state index in [1.807, 2.05) is 47.0 Å². The third kappa shape index (κ3) is 4.61. The number of hydrogen-bond acceptors (Lipinski definition) is 5. The molecule has 0 N–H and O–H groups in total. The molecule has 0 bridgehead atoms. The Labute approximate surface area is 214 Å². The molecular weight excluding hydrogens is 494 g/mol. The van der Waals surface area contributed by atoms with Gasteiger partial charge in [0.2, 0.25) is 10.0 Å². The molecule has 9 heteroatoms. The highest BCUT2D eigenvalue weighted by molar-refractivity contribution is 7.89. The summed E-state index contributed by atoms with van der Waals surface area (Å²) in [6.07, 6.45) is 1.58. The van der Waals surface area contributed by atoms with E-state index in [0.29, 0.717) is 29.9 Å². The standard InChI is InChI=1S/C27H27N3O4S2/c1-3-15-30-24-13-10-22(34-2)17-25(24)35-27(30)28-26(31)20-8-11-23(12-9-20)36(32,33)29-16-14-19-6-4-5-7-21(19)18-29/h4-13,17H,3,14-16,18H2,1-2H3. The molecule has 1 aliphatic heterocycles. The molecule has 0 aliphatic carbocycles. The van der Waals surface area contributed by atoms with Crippen molar-refractivity contribution in [1.82, 2.24) is 8.87 Å². The van der Waals surface area contributed by atoms with Gasteiger partial charge >= 0.3 is 0 Å². The monoisotopic (exact) mass is 521 g/mol. The maximum absolute atomic E-state index is 13.2. The van der Waals surface area contributed by atoms with E-state index in [1.165, 1.54) is 45.5 Å². The number of carbonyl (C=O) groups excluding carboxylic acids is 1. The fourth-order valence-corrected chi connectivity index (χ4v) is 6.95. The number of nitrogens with zero attached hydrogens (tertiary/aromatic N) is 3. The van der Waals surface area contributed by atoms with Crippen molar-refractivity contribution in [2.24, 2.45) is 4.99 Å². The van der Waals surface area contributed by atoms with Gasteiger partial charge in [0.1, 0.15) is 5.75 Å². The normalized spacial score (nSPS) is 14.7. The molecule has 0 unspecified atom stereocenters. The van der Waals surface area contributed by atoms with Crippen LogP contribution in [-0.2, 0) is 29.5 Å². The van der Waals surface area contributed by atoms with E-state index >= 15 is 0 Å². The predicted molar refractivity (Wildman–Crippen MR) is 141 cm³/mol. The molecule has 1 amide bonds. The van der Waals surface area contributed by atoms with E-state index in [2.05, 4.69) is 11.9 Å².